The molecule has 0 radical (unpaired) electrons. The van der Waals surface area contributed by atoms with Crippen molar-refractivity contribution in [1.29, 1.82) is 0 Å². The highest BCUT2D eigenvalue weighted by Crippen LogP contribution is 2.37. The van der Waals surface area contributed by atoms with Gasteiger partial charge in [0.2, 0.25) is 5.91 Å². The second kappa shape index (κ2) is 5.55. The highest BCUT2D eigenvalue weighted by molar-refractivity contribution is 5.77. The van der Waals surface area contributed by atoms with E-state index in [1.807, 2.05) is 4.90 Å². The lowest BCUT2D eigenvalue weighted by Crippen LogP contribution is -2.48. The molecule has 0 aromatic heterocycles. The molecule has 2 heterocycles. The Morgan fingerprint density at radius 1 is 1.26 bits per heavy atom. The first-order valence-electron chi connectivity index (χ1n) is 8.37. The van der Waals surface area contributed by atoms with Crippen LogP contribution in [0.25, 0.3) is 0 Å². The molecule has 2 aliphatic heterocycles. The van der Waals surface area contributed by atoms with Crippen LogP contribution in [0.4, 0.5) is 4.79 Å². The summed E-state index contributed by atoms with van der Waals surface area (Å²) in [5.41, 5.74) is 2.23. The molecule has 2 fully saturated rings. The number of ether oxygens (including phenoxy) is 2. The van der Waals surface area contributed by atoms with Crippen molar-refractivity contribution >= 4 is 12.1 Å². The van der Waals surface area contributed by atoms with Crippen LogP contribution in [0, 0.1) is 0 Å². The minimum atomic E-state index is -0.577. The molecule has 3 aliphatic rings. The Morgan fingerprint density at radius 2 is 2.04 bits per heavy atom. The van der Waals surface area contributed by atoms with E-state index < -0.39 is 11.8 Å². The molecular formula is C18H21NO4. The van der Waals surface area contributed by atoms with Gasteiger partial charge in [0.05, 0.1) is 0 Å². The largest absolute Gasteiger partial charge is 0.509 e. The zero-order chi connectivity index (χ0) is 15.9. The summed E-state index contributed by atoms with van der Waals surface area (Å²) in [5.74, 6) is 0.564. The number of aryl methyl sites for hydroxylation is 1. The monoisotopic (exact) mass is 315 g/mol. The smallest absolute Gasteiger partial charge is 0.430 e. The third-order valence-electron chi connectivity index (χ3n) is 5.46. The zero-order valence-electron chi connectivity index (χ0n) is 13.1. The van der Waals surface area contributed by atoms with E-state index in [4.69, 9.17) is 9.47 Å². The quantitative estimate of drug-likeness (QED) is 0.787. The van der Waals surface area contributed by atoms with Gasteiger partial charge in [-0.3, -0.25) is 4.79 Å². The van der Waals surface area contributed by atoms with Crippen LogP contribution < -0.4 is 0 Å². The van der Waals surface area contributed by atoms with Gasteiger partial charge in [0.1, 0.15) is 6.61 Å². The number of hydrogen-bond donors (Lipinski definition) is 0. The Balaban J connectivity index is 1.35. The first kappa shape index (κ1) is 14.5. The third kappa shape index (κ3) is 2.69. The number of likely N-dealkylation sites (tertiary alicyclic amines) is 1. The lowest BCUT2D eigenvalue weighted by atomic mass is 9.91. The van der Waals surface area contributed by atoms with Crippen molar-refractivity contribution in [2.75, 3.05) is 19.7 Å². The van der Waals surface area contributed by atoms with E-state index in [-0.39, 0.29) is 5.91 Å². The van der Waals surface area contributed by atoms with Gasteiger partial charge in [-0.1, -0.05) is 24.3 Å². The maximum Gasteiger partial charge on any atom is 0.509 e. The van der Waals surface area contributed by atoms with Crippen molar-refractivity contribution in [3.8, 4) is 0 Å². The lowest BCUT2D eigenvalue weighted by Gasteiger charge is -2.36. The van der Waals surface area contributed by atoms with Gasteiger partial charge in [-0.25, -0.2) is 4.79 Å². The minimum Gasteiger partial charge on any atom is -0.430 e. The number of hydrogen-bond acceptors (Lipinski definition) is 4. The van der Waals surface area contributed by atoms with E-state index in [0.29, 0.717) is 44.9 Å². The Morgan fingerprint density at radius 3 is 2.78 bits per heavy atom. The summed E-state index contributed by atoms with van der Waals surface area (Å²) in [6.45, 7) is 1.61. The number of carbonyl (C=O) groups excluding carboxylic acids is 2. The van der Waals surface area contributed by atoms with Gasteiger partial charge in [-0.2, -0.15) is 0 Å². The standard InChI is InChI=1S/C18H21NO4/c20-16(11-14-6-5-13-3-1-2-4-15(13)14)19-9-7-18(8-10-19)12-22-17(21)23-18/h1-4,14H,5-12H2/t14-/m0/s1. The summed E-state index contributed by atoms with van der Waals surface area (Å²) in [4.78, 5) is 25.7. The topological polar surface area (TPSA) is 55.8 Å². The molecule has 0 N–H and O–H groups in total. The molecule has 122 valence electrons. The summed E-state index contributed by atoms with van der Waals surface area (Å²) < 4.78 is 10.2. The maximum absolute atomic E-state index is 12.6. The van der Waals surface area contributed by atoms with E-state index in [2.05, 4.69) is 24.3 Å². The second-order valence-corrected chi connectivity index (χ2v) is 6.84. The van der Waals surface area contributed by atoms with E-state index in [1.54, 1.807) is 0 Å². The molecule has 2 saturated heterocycles. The number of fused-ring (bicyclic) bond motifs is 1. The van der Waals surface area contributed by atoms with Gasteiger partial charge < -0.3 is 14.4 Å². The van der Waals surface area contributed by atoms with Gasteiger partial charge in [-0.05, 0) is 29.9 Å². The van der Waals surface area contributed by atoms with Crippen LogP contribution in [-0.2, 0) is 20.7 Å². The molecule has 0 bridgehead atoms. The fraction of sp³-hybridized carbons (Fsp3) is 0.556. The van der Waals surface area contributed by atoms with Crippen molar-refractivity contribution in [2.24, 2.45) is 0 Å². The zero-order valence-corrected chi connectivity index (χ0v) is 13.1. The Kier molecular flexibility index (Phi) is 3.51. The molecule has 1 spiro atoms. The van der Waals surface area contributed by atoms with Crippen LogP contribution >= 0.6 is 0 Å². The van der Waals surface area contributed by atoms with E-state index >= 15 is 0 Å². The summed E-state index contributed by atoms with van der Waals surface area (Å²) >= 11 is 0. The predicted octanol–water partition coefficient (Wildman–Crippen LogP) is 2.63. The Bertz CT molecular complexity index is 634. The van der Waals surface area contributed by atoms with Crippen molar-refractivity contribution < 1.29 is 19.1 Å². The summed E-state index contributed by atoms with van der Waals surface area (Å²) in [7, 11) is 0. The molecule has 0 saturated carbocycles. The van der Waals surface area contributed by atoms with Gasteiger partial charge in [0, 0.05) is 32.4 Å². The van der Waals surface area contributed by atoms with Crippen LogP contribution in [0.1, 0.15) is 42.7 Å². The van der Waals surface area contributed by atoms with Crippen LogP contribution in [0.5, 0.6) is 0 Å². The average molecular weight is 315 g/mol. The van der Waals surface area contributed by atoms with Crippen LogP contribution in [-0.4, -0.2) is 42.3 Å². The molecule has 1 aromatic carbocycles. The molecule has 1 amide bonds. The molecule has 0 unspecified atom stereocenters. The number of piperidine rings is 1. The summed E-state index contributed by atoms with van der Waals surface area (Å²) in [5, 5.41) is 0. The van der Waals surface area contributed by atoms with E-state index in [1.165, 1.54) is 11.1 Å². The summed E-state index contributed by atoms with van der Waals surface area (Å²) in [6, 6.07) is 8.44. The highest BCUT2D eigenvalue weighted by Gasteiger charge is 2.45. The molecule has 5 nitrogen and oxygen atoms in total. The number of carbonyl (C=O) groups is 2. The van der Waals surface area contributed by atoms with Gasteiger partial charge in [0.25, 0.3) is 0 Å². The normalized spacial score (nSPS) is 25.1. The Hall–Kier alpha value is -2.04. The predicted molar refractivity (Wildman–Crippen MR) is 83.1 cm³/mol. The number of nitrogens with zero attached hydrogens (tertiary/aromatic N) is 1. The number of rotatable bonds is 2. The molecular weight excluding hydrogens is 294 g/mol. The minimum absolute atomic E-state index is 0.215. The van der Waals surface area contributed by atoms with Crippen molar-refractivity contribution in [3.63, 3.8) is 0 Å². The fourth-order valence-electron chi connectivity index (χ4n) is 4.03. The highest BCUT2D eigenvalue weighted by atomic mass is 16.8. The first-order valence-corrected chi connectivity index (χ1v) is 8.37. The third-order valence-corrected chi connectivity index (χ3v) is 5.46. The molecule has 1 aliphatic carbocycles. The van der Waals surface area contributed by atoms with Gasteiger partial charge in [0.15, 0.2) is 5.60 Å². The van der Waals surface area contributed by atoms with Crippen LogP contribution in [0.3, 0.4) is 0 Å². The lowest BCUT2D eigenvalue weighted by molar-refractivity contribution is -0.135. The van der Waals surface area contributed by atoms with Crippen LogP contribution in [0.2, 0.25) is 0 Å². The first-order chi connectivity index (χ1) is 11.2. The number of benzene rings is 1. The van der Waals surface area contributed by atoms with Crippen molar-refractivity contribution in [1.82, 2.24) is 4.90 Å². The molecule has 4 rings (SSSR count). The molecule has 1 atom stereocenters. The van der Waals surface area contributed by atoms with Crippen LogP contribution in [0.15, 0.2) is 24.3 Å². The Labute approximate surface area is 135 Å². The number of amides is 1. The maximum atomic E-state index is 12.6. The molecule has 1 aromatic rings. The van der Waals surface area contributed by atoms with Gasteiger partial charge >= 0.3 is 6.16 Å². The SMILES string of the molecule is O=C1OCC2(CCN(C(=O)C[C@@H]3CCc4ccccc43)CC2)O1. The van der Waals surface area contributed by atoms with Crippen molar-refractivity contribution in [2.45, 2.75) is 43.6 Å². The van der Waals surface area contributed by atoms with E-state index in [9.17, 15) is 9.59 Å². The number of cyclic esters (lactones) is 1. The molecule has 23 heavy (non-hydrogen) atoms. The van der Waals surface area contributed by atoms with E-state index in [0.717, 1.165) is 12.8 Å². The molecule has 5 heteroatoms. The fourth-order valence-corrected chi connectivity index (χ4v) is 4.03. The van der Waals surface area contributed by atoms with Crippen molar-refractivity contribution in [3.05, 3.63) is 35.4 Å². The van der Waals surface area contributed by atoms with Gasteiger partial charge in [-0.15, -0.1) is 0 Å². The average Bonchev–Trinajstić information content (AvgIpc) is 3.13. The summed E-state index contributed by atoms with van der Waals surface area (Å²) in [6.07, 6.45) is 3.49. The second-order valence-electron chi connectivity index (χ2n) is 6.84.